The largest absolute Gasteiger partial charge is 0.323 e. The van der Waals surface area contributed by atoms with E-state index >= 15 is 0 Å². The molecule has 1 aliphatic rings. The Morgan fingerprint density at radius 1 is 0.688 bits per heavy atom. The fraction of sp³-hybridized carbons (Fsp3) is 0.333. The summed E-state index contributed by atoms with van der Waals surface area (Å²) in [5.41, 5.74) is 6.59. The second-order valence-electron chi connectivity index (χ2n) is 10.8. The average Bonchev–Trinajstić information content (AvgIpc) is 3.16. The summed E-state index contributed by atoms with van der Waals surface area (Å²) in [4.78, 5) is 0. The van der Waals surface area contributed by atoms with Crippen LogP contribution in [0.15, 0.2) is 82.3 Å². The number of aryl methyl sites for hydroxylation is 2. The second kappa shape index (κ2) is 12.9. The third-order valence-corrected chi connectivity index (χ3v) is 9.92. The fourth-order valence-electron chi connectivity index (χ4n) is 3.50. The Hall–Kier alpha value is -1.93. The van der Waals surface area contributed by atoms with Crippen molar-refractivity contribution in [2.45, 2.75) is 48.1 Å². The van der Waals surface area contributed by atoms with Crippen LogP contribution in [0, 0.1) is 13.8 Å². The Balaban J connectivity index is 0.000000312. The molecule has 0 amide bonds. The van der Waals surface area contributed by atoms with Gasteiger partial charge in [0, 0.05) is 0 Å². The van der Waals surface area contributed by atoms with Gasteiger partial charge in [0.2, 0.25) is 0 Å². The third-order valence-electron chi connectivity index (χ3n) is 5.22. The first-order valence-electron chi connectivity index (χ1n) is 11.6. The molecule has 0 atom stereocenters. The summed E-state index contributed by atoms with van der Waals surface area (Å²) in [6.45, 7) is 6.46. The molecule has 1 nitrogen and oxygen atoms in total. The first-order chi connectivity index (χ1) is 14.9. The molecule has 0 radical (unpaired) electrons. The molecule has 1 aliphatic carbocycles. The van der Waals surface area contributed by atoms with Gasteiger partial charge in [0.25, 0.3) is 0 Å². The van der Waals surface area contributed by atoms with Crippen molar-refractivity contribution in [2.75, 3.05) is 14.1 Å². The maximum atomic E-state index is 2.75. The summed E-state index contributed by atoms with van der Waals surface area (Å²) in [7, 11) is 3.75. The topological polar surface area (TPSA) is 12.0 Å². The van der Waals surface area contributed by atoms with Crippen LogP contribution in [0.4, 0.5) is 0 Å². The molecule has 1 N–H and O–H groups in total. The van der Waals surface area contributed by atoms with Crippen molar-refractivity contribution in [1.29, 1.82) is 0 Å². The van der Waals surface area contributed by atoms with Crippen molar-refractivity contribution in [1.82, 2.24) is 5.32 Å². The Morgan fingerprint density at radius 3 is 1.31 bits per heavy atom. The molecule has 0 spiro atoms. The SMILES string of the molecule is CC1=[C]([Ti]([CH3])([CH3])([CH3])[CH3])CC=C1.CNC.Cc1ccc(C=CC=Cc2ccc(C)cc2)cc1. The van der Waals surface area contributed by atoms with Crippen LogP contribution in [0.2, 0.25) is 20.9 Å². The number of rotatable bonds is 4. The van der Waals surface area contributed by atoms with Gasteiger partial charge in [-0.15, -0.1) is 0 Å². The first-order valence-corrected chi connectivity index (χ1v) is 18.6. The van der Waals surface area contributed by atoms with E-state index in [0.717, 1.165) is 0 Å². The average molecular weight is 467 g/mol. The molecular weight excluding hydrogens is 422 g/mol. The molecule has 173 valence electrons. The molecule has 32 heavy (non-hydrogen) atoms. The van der Waals surface area contributed by atoms with Crippen LogP contribution in [0.3, 0.4) is 0 Å². The quantitative estimate of drug-likeness (QED) is 0.350. The zero-order valence-corrected chi connectivity index (χ0v) is 23.4. The van der Waals surface area contributed by atoms with Gasteiger partial charge in [0.05, 0.1) is 0 Å². The summed E-state index contributed by atoms with van der Waals surface area (Å²) in [6, 6.07) is 17.0. The number of nitrogens with one attached hydrogen (secondary N) is 1. The number of hydrogen-bond acceptors (Lipinski definition) is 1. The van der Waals surface area contributed by atoms with Crippen LogP contribution < -0.4 is 5.32 Å². The third kappa shape index (κ3) is 11.1. The second-order valence-corrected chi connectivity index (χ2v) is 24.2. The number of hydrogen-bond donors (Lipinski definition) is 1. The molecule has 2 aromatic rings. The molecule has 2 heteroatoms. The maximum absolute atomic E-state index is 2.75. The number of allylic oxidation sites excluding steroid dienone is 6. The van der Waals surface area contributed by atoms with Crippen LogP contribution in [-0.4, -0.2) is 14.1 Å². The molecule has 0 saturated heterocycles. The Morgan fingerprint density at radius 2 is 1.06 bits per heavy atom. The van der Waals surface area contributed by atoms with Gasteiger partial charge in [-0.05, 0) is 39.1 Å². The molecule has 0 aromatic heterocycles. The summed E-state index contributed by atoms with van der Waals surface area (Å²) < 4.78 is 1.77. The Labute approximate surface area is 198 Å². The van der Waals surface area contributed by atoms with E-state index in [1.165, 1.54) is 34.2 Å². The van der Waals surface area contributed by atoms with Gasteiger partial charge < -0.3 is 5.32 Å². The van der Waals surface area contributed by atoms with Gasteiger partial charge in [-0.2, -0.15) is 0 Å². The van der Waals surface area contributed by atoms with Crippen molar-refractivity contribution in [2.24, 2.45) is 0 Å². The van der Waals surface area contributed by atoms with Gasteiger partial charge >= 0.3 is 71.2 Å². The van der Waals surface area contributed by atoms with Gasteiger partial charge in [-0.3, -0.25) is 0 Å². The Kier molecular flexibility index (Phi) is 11.4. The van der Waals surface area contributed by atoms with E-state index in [2.05, 4.69) is 132 Å². The van der Waals surface area contributed by atoms with E-state index in [4.69, 9.17) is 0 Å². The molecule has 0 aliphatic heterocycles. The smallest absolute Gasteiger partial charge is 0.0167 e. The minimum absolute atomic E-state index is 1.23. The Bertz CT molecular complexity index is 884. The summed E-state index contributed by atoms with van der Waals surface area (Å²) in [5, 5.41) is 12.7. The number of benzene rings is 2. The zero-order valence-electron chi connectivity index (χ0n) is 21.8. The predicted molar refractivity (Wildman–Crippen MR) is 145 cm³/mol. The normalized spacial score (nSPS) is 14.6. The van der Waals surface area contributed by atoms with E-state index in [1.807, 2.05) is 14.1 Å². The monoisotopic (exact) mass is 466 g/mol. The molecular formula is C30H44NTi. The van der Waals surface area contributed by atoms with Crippen molar-refractivity contribution >= 4 is 12.2 Å². The van der Waals surface area contributed by atoms with Gasteiger partial charge in [-0.25, -0.2) is 0 Å². The molecule has 2 aromatic carbocycles. The summed E-state index contributed by atoms with van der Waals surface area (Å²) in [5.74, 6) is 0. The van der Waals surface area contributed by atoms with E-state index in [-0.39, 0.29) is 0 Å². The molecule has 0 fully saturated rings. The molecule has 3 rings (SSSR count). The van der Waals surface area contributed by atoms with E-state index < -0.39 is 15.3 Å². The minimum Gasteiger partial charge on any atom is -0.323 e. The molecule has 0 bridgehead atoms. The fourth-order valence-corrected chi connectivity index (χ4v) is 7.55. The van der Waals surface area contributed by atoms with Crippen LogP contribution in [0.1, 0.15) is 35.6 Å². The summed E-state index contributed by atoms with van der Waals surface area (Å²) in [6.07, 6.45) is 14.2. The minimum atomic E-state index is -2.08. The van der Waals surface area contributed by atoms with Crippen molar-refractivity contribution < 1.29 is 15.3 Å². The van der Waals surface area contributed by atoms with E-state index in [0.29, 0.717) is 0 Å². The van der Waals surface area contributed by atoms with Crippen molar-refractivity contribution in [3.63, 3.8) is 0 Å². The maximum Gasteiger partial charge on any atom is -0.0167 e. The van der Waals surface area contributed by atoms with Crippen LogP contribution in [-0.2, 0) is 15.3 Å². The summed E-state index contributed by atoms with van der Waals surface area (Å²) >= 11 is -2.08. The molecule has 0 heterocycles. The molecule has 0 unspecified atom stereocenters. The van der Waals surface area contributed by atoms with Crippen LogP contribution >= 0.6 is 0 Å². The van der Waals surface area contributed by atoms with Crippen molar-refractivity contribution in [3.05, 3.63) is 105 Å². The van der Waals surface area contributed by atoms with Crippen LogP contribution in [0.5, 0.6) is 0 Å². The van der Waals surface area contributed by atoms with E-state index in [1.54, 1.807) is 3.88 Å². The van der Waals surface area contributed by atoms with Crippen molar-refractivity contribution in [3.8, 4) is 0 Å². The standard InChI is InChI=1S/C18H18.C6H7.C2H7N.4CH3.Ti/c1-15-7-11-17(12-8-15)5-3-4-6-18-13-9-16(2)10-14-18;1-6-4-2-3-5-6;1-3-2;;;;;/h3-14H,1-2H3;2,4H,3H2,1H3;3H,1-2H3;4*1H3;. The first kappa shape index (κ1) is 28.1. The van der Waals surface area contributed by atoms with Gasteiger partial charge in [0.15, 0.2) is 0 Å². The van der Waals surface area contributed by atoms with E-state index in [9.17, 15) is 0 Å². The van der Waals surface area contributed by atoms with Crippen LogP contribution in [0.25, 0.3) is 12.2 Å². The molecule has 0 saturated carbocycles. The van der Waals surface area contributed by atoms with Gasteiger partial charge in [0.1, 0.15) is 0 Å². The predicted octanol–water partition coefficient (Wildman–Crippen LogP) is 8.97. The zero-order chi connectivity index (χ0) is 24.2. The van der Waals surface area contributed by atoms with Gasteiger partial charge in [-0.1, -0.05) is 84.0 Å².